The fourth-order valence-electron chi connectivity index (χ4n) is 1.82. The zero-order chi connectivity index (χ0) is 18.6. The highest BCUT2D eigenvalue weighted by atomic mass is 32.1. The summed E-state index contributed by atoms with van der Waals surface area (Å²) in [6, 6.07) is 5.21. The molecule has 2 rings (SSSR count). The van der Waals surface area contributed by atoms with E-state index in [1.165, 1.54) is 0 Å². The first-order chi connectivity index (χ1) is 12.7. The zero-order valence-corrected chi connectivity index (χ0v) is 15.6. The Balaban J connectivity index is 2.01. The average Bonchev–Trinajstić information content (AvgIpc) is 3.08. The van der Waals surface area contributed by atoms with Crippen molar-refractivity contribution < 1.29 is 32.8 Å². The molecule has 0 aliphatic carbocycles. The topological polar surface area (TPSA) is 94.3 Å². The Hall–Kier alpha value is -1.85. The molecule has 2 aromatic rings. The van der Waals surface area contributed by atoms with Gasteiger partial charge in [-0.25, -0.2) is 0 Å². The first-order valence-electron chi connectivity index (χ1n) is 7.80. The molecule has 0 saturated carbocycles. The van der Waals surface area contributed by atoms with Crippen LogP contribution in [0, 0.1) is 0 Å². The molecule has 0 unspecified atom stereocenters. The third-order valence-corrected chi connectivity index (χ3v) is 3.24. The quantitative estimate of drug-likeness (QED) is 0.315. The normalized spacial score (nSPS) is 10.9. The lowest BCUT2D eigenvalue weighted by molar-refractivity contribution is -0.0207. The summed E-state index contributed by atoms with van der Waals surface area (Å²) < 4.78 is 37.0. The lowest BCUT2D eigenvalue weighted by atomic mass is 10.2. The molecule has 0 spiro atoms. The van der Waals surface area contributed by atoms with Gasteiger partial charge in [0, 0.05) is 19.8 Å². The zero-order valence-electron chi connectivity index (χ0n) is 14.7. The minimum atomic E-state index is 0.0371. The largest absolute Gasteiger partial charge is 0.464 e. The molecular weight excluding hydrogens is 364 g/mol. The molecule has 0 aliphatic heterocycles. The Kier molecular flexibility index (Phi) is 9.21. The van der Waals surface area contributed by atoms with Gasteiger partial charge in [0.2, 0.25) is 5.89 Å². The number of hydrogen-bond donors (Lipinski definition) is 1. The van der Waals surface area contributed by atoms with Crippen molar-refractivity contribution >= 4 is 12.6 Å². The number of aromatic nitrogens is 2. The number of ether oxygens (including phenoxy) is 6. The standard InChI is InChI=1S/C16H22N2O7S/c1-19-5-7-21-10-23-13-4-3-12(15-17-18-16(26)25-15)9-14(13)24-11-22-8-6-20-2/h3-4,9H,5-8,10-11H2,1-2H3,(H,18,26). The van der Waals surface area contributed by atoms with Crippen LogP contribution in [0.2, 0.25) is 0 Å². The number of methoxy groups -OCH3 is 2. The lowest BCUT2D eigenvalue weighted by Gasteiger charge is -2.14. The number of benzene rings is 1. The van der Waals surface area contributed by atoms with Crippen molar-refractivity contribution in [1.82, 2.24) is 10.2 Å². The monoisotopic (exact) mass is 386 g/mol. The van der Waals surface area contributed by atoms with Gasteiger partial charge in [-0.15, -0.1) is 10.2 Å². The van der Waals surface area contributed by atoms with Gasteiger partial charge in [-0.1, -0.05) is 12.6 Å². The molecule has 10 heteroatoms. The number of hydrogen-bond acceptors (Lipinski definition) is 10. The average molecular weight is 386 g/mol. The Morgan fingerprint density at radius 2 is 1.54 bits per heavy atom. The summed E-state index contributed by atoms with van der Waals surface area (Å²) in [7, 11) is 3.20. The van der Waals surface area contributed by atoms with Gasteiger partial charge in [0.05, 0.1) is 26.4 Å². The van der Waals surface area contributed by atoms with Crippen LogP contribution >= 0.6 is 12.6 Å². The molecule has 0 saturated heterocycles. The van der Waals surface area contributed by atoms with E-state index in [4.69, 9.17) is 32.8 Å². The summed E-state index contributed by atoms with van der Waals surface area (Å²) >= 11 is 4.01. The molecule has 0 N–H and O–H groups in total. The van der Waals surface area contributed by atoms with Crippen LogP contribution in [0.15, 0.2) is 27.8 Å². The van der Waals surface area contributed by atoms with Crippen molar-refractivity contribution in [1.29, 1.82) is 0 Å². The molecule has 1 aromatic carbocycles. The smallest absolute Gasteiger partial charge is 0.273 e. The van der Waals surface area contributed by atoms with Crippen LogP contribution in [0.3, 0.4) is 0 Å². The number of nitrogens with zero attached hydrogens (tertiary/aromatic N) is 2. The van der Waals surface area contributed by atoms with Crippen molar-refractivity contribution in [3.05, 3.63) is 18.2 Å². The van der Waals surface area contributed by atoms with Gasteiger partial charge in [-0.3, -0.25) is 0 Å². The SMILES string of the molecule is COCCOCOc1ccc(-c2nnc(S)o2)cc1OCOCCOC. The predicted octanol–water partition coefficient (Wildman–Crippen LogP) is 2.02. The Labute approximate surface area is 156 Å². The molecule has 1 heterocycles. The van der Waals surface area contributed by atoms with Crippen molar-refractivity contribution in [3.8, 4) is 23.0 Å². The molecule has 1 aromatic heterocycles. The molecule has 0 amide bonds. The fourth-order valence-corrected chi connectivity index (χ4v) is 1.95. The highest BCUT2D eigenvalue weighted by Crippen LogP contribution is 2.32. The van der Waals surface area contributed by atoms with Gasteiger partial charge in [0.25, 0.3) is 5.22 Å². The van der Waals surface area contributed by atoms with E-state index in [-0.39, 0.29) is 18.8 Å². The van der Waals surface area contributed by atoms with Gasteiger partial charge >= 0.3 is 0 Å². The van der Waals surface area contributed by atoms with Crippen molar-refractivity contribution in [3.63, 3.8) is 0 Å². The first-order valence-corrected chi connectivity index (χ1v) is 8.25. The van der Waals surface area contributed by atoms with Crippen LogP contribution in [0.4, 0.5) is 0 Å². The number of thiol groups is 1. The number of rotatable bonds is 13. The summed E-state index contributed by atoms with van der Waals surface area (Å²) in [4.78, 5) is 0. The molecule has 9 nitrogen and oxygen atoms in total. The van der Waals surface area contributed by atoms with E-state index in [1.54, 1.807) is 32.4 Å². The molecule has 0 radical (unpaired) electrons. The van der Waals surface area contributed by atoms with Crippen LogP contribution in [-0.4, -0.2) is 64.4 Å². The van der Waals surface area contributed by atoms with Crippen molar-refractivity contribution in [2.24, 2.45) is 0 Å². The molecule has 26 heavy (non-hydrogen) atoms. The Morgan fingerprint density at radius 3 is 2.12 bits per heavy atom. The molecule has 0 aliphatic rings. The molecular formula is C16H22N2O7S. The third-order valence-electron chi connectivity index (χ3n) is 3.06. The maximum absolute atomic E-state index is 5.64. The molecule has 0 atom stereocenters. The van der Waals surface area contributed by atoms with Crippen LogP contribution in [0.1, 0.15) is 0 Å². The summed E-state index contributed by atoms with van der Waals surface area (Å²) in [5.41, 5.74) is 0.664. The van der Waals surface area contributed by atoms with Crippen LogP contribution in [-0.2, 0) is 18.9 Å². The Bertz CT molecular complexity index is 653. The van der Waals surface area contributed by atoms with E-state index in [1.807, 2.05) is 0 Å². The maximum atomic E-state index is 5.64. The third kappa shape index (κ3) is 6.81. The minimum Gasteiger partial charge on any atom is -0.464 e. The Morgan fingerprint density at radius 1 is 0.885 bits per heavy atom. The second kappa shape index (κ2) is 11.7. The van der Waals surface area contributed by atoms with Gasteiger partial charge in [-0.05, 0) is 18.2 Å². The van der Waals surface area contributed by atoms with E-state index < -0.39 is 0 Å². The second-order valence-electron chi connectivity index (χ2n) is 4.88. The van der Waals surface area contributed by atoms with Crippen LogP contribution < -0.4 is 9.47 Å². The van der Waals surface area contributed by atoms with Crippen molar-refractivity contribution in [2.75, 3.05) is 54.2 Å². The molecule has 0 fully saturated rings. The predicted molar refractivity (Wildman–Crippen MR) is 93.6 cm³/mol. The maximum Gasteiger partial charge on any atom is 0.273 e. The van der Waals surface area contributed by atoms with Gasteiger partial charge < -0.3 is 32.8 Å². The highest BCUT2D eigenvalue weighted by molar-refractivity contribution is 7.80. The van der Waals surface area contributed by atoms with E-state index in [9.17, 15) is 0 Å². The van der Waals surface area contributed by atoms with Crippen molar-refractivity contribution in [2.45, 2.75) is 5.22 Å². The van der Waals surface area contributed by atoms with E-state index in [0.717, 1.165) is 0 Å². The summed E-state index contributed by atoms with van der Waals surface area (Å²) in [5, 5.41) is 7.80. The summed E-state index contributed by atoms with van der Waals surface area (Å²) in [6.45, 7) is 1.91. The first kappa shape index (κ1) is 20.5. The minimum absolute atomic E-state index is 0.0371. The lowest BCUT2D eigenvalue weighted by Crippen LogP contribution is -2.10. The van der Waals surface area contributed by atoms with Gasteiger partial charge in [0.15, 0.2) is 25.1 Å². The van der Waals surface area contributed by atoms with E-state index in [0.29, 0.717) is 49.4 Å². The summed E-state index contributed by atoms with van der Waals surface area (Å²) in [6.07, 6.45) is 0. The van der Waals surface area contributed by atoms with Crippen LogP contribution in [0.5, 0.6) is 11.5 Å². The fraction of sp³-hybridized carbons (Fsp3) is 0.500. The second-order valence-corrected chi connectivity index (χ2v) is 5.26. The highest BCUT2D eigenvalue weighted by Gasteiger charge is 2.12. The van der Waals surface area contributed by atoms with Gasteiger partial charge in [-0.2, -0.15) is 0 Å². The van der Waals surface area contributed by atoms with E-state index in [2.05, 4.69) is 22.8 Å². The summed E-state index contributed by atoms with van der Waals surface area (Å²) in [5.74, 6) is 1.27. The molecule has 144 valence electrons. The van der Waals surface area contributed by atoms with Gasteiger partial charge in [0.1, 0.15) is 0 Å². The molecule has 0 bridgehead atoms. The van der Waals surface area contributed by atoms with E-state index >= 15 is 0 Å². The van der Waals surface area contributed by atoms with Crippen LogP contribution in [0.25, 0.3) is 11.5 Å².